The van der Waals surface area contributed by atoms with E-state index < -0.39 is 0 Å². The van der Waals surface area contributed by atoms with Crippen molar-refractivity contribution in [3.8, 4) is 0 Å². The third kappa shape index (κ3) is 3.06. The Hall–Kier alpha value is -0.860. The molecule has 2 heteroatoms. The van der Waals surface area contributed by atoms with Crippen LogP contribution < -0.4 is 4.90 Å². The van der Waals surface area contributed by atoms with Crippen LogP contribution in [0.3, 0.4) is 0 Å². The Kier molecular flexibility index (Phi) is 3.97. The van der Waals surface area contributed by atoms with E-state index in [0.29, 0.717) is 5.92 Å². The highest BCUT2D eigenvalue weighted by Crippen LogP contribution is 2.12. The normalized spacial score (nSPS) is 27.6. The van der Waals surface area contributed by atoms with Crippen LogP contribution in [-0.4, -0.2) is 30.8 Å². The fraction of sp³-hybridized carbons (Fsp3) is 0.571. The van der Waals surface area contributed by atoms with Gasteiger partial charge >= 0.3 is 0 Å². The molecule has 0 saturated carbocycles. The molecule has 88 valence electrons. The summed E-state index contributed by atoms with van der Waals surface area (Å²) in [5, 5.41) is 9.46. The number of piperidine rings is 1. The molecule has 1 fully saturated rings. The third-order valence-electron chi connectivity index (χ3n) is 3.63. The van der Waals surface area contributed by atoms with Gasteiger partial charge in [-0.25, -0.2) is 0 Å². The number of nitrogens with one attached hydrogen (secondary N) is 1. The van der Waals surface area contributed by atoms with E-state index in [1.807, 2.05) is 0 Å². The van der Waals surface area contributed by atoms with Gasteiger partial charge in [-0.05, 0) is 5.56 Å². The van der Waals surface area contributed by atoms with Crippen molar-refractivity contribution in [1.82, 2.24) is 0 Å². The first-order valence-corrected chi connectivity index (χ1v) is 6.32. The zero-order chi connectivity index (χ0) is 11.4. The summed E-state index contributed by atoms with van der Waals surface area (Å²) in [6.45, 7) is 5.74. The molecule has 0 spiro atoms. The van der Waals surface area contributed by atoms with E-state index in [-0.39, 0.29) is 6.10 Å². The monoisotopic (exact) mass is 220 g/mol. The van der Waals surface area contributed by atoms with Gasteiger partial charge in [0.05, 0.1) is 25.7 Å². The summed E-state index contributed by atoms with van der Waals surface area (Å²) in [6.07, 6.45) is 1.89. The molecule has 1 heterocycles. The molecule has 2 rings (SSSR count). The highest BCUT2D eigenvalue weighted by atomic mass is 16.3. The second-order valence-electron chi connectivity index (χ2n) is 5.00. The van der Waals surface area contributed by atoms with Gasteiger partial charge in [0.25, 0.3) is 0 Å². The molecular weight excluding hydrogens is 198 g/mol. The highest BCUT2D eigenvalue weighted by Gasteiger charge is 2.22. The first-order valence-electron chi connectivity index (χ1n) is 6.32. The van der Waals surface area contributed by atoms with Gasteiger partial charge in [0.1, 0.15) is 0 Å². The SMILES string of the molecule is C[C@@H](C[NH+]1CCC(O)CC1)c1ccccc1. The summed E-state index contributed by atoms with van der Waals surface area (Å²) in [6, 6.07) is 10.7. The summed E-state index contributed by atoms with van der Waals surface area (Å²) in [4.78, 5) is 1.64. The predicted molar refractivity (Wildman–Crippen MR) is 65.7 cm³/mol. The quantitative estimate of drug-likeness (QED) is 0.775. The molecule has 1 atom stereocenters. The lowest BCUT2D eigenvalue weighted by Gasteiger charge is -2.28. The minimum absolute atomic E-state index is 0.0456. The summed E-state index contributed by atoms with van der Waals surface area (Å²) in [5.41, 5.74) is 1.43. The number of quaternary nitrogens is 1. The van der Waals surface area contributed by atoms with Crippen molar-refractivity contribution in [2.24, 2.45) is 0 Å². The van der Waals surface area contributed by atoms with Crippen LogP contribution in [0.2, 0.25) is 0 Å². The standard InChI is InChI=1S/C14H21NO/c1-12(13-5-3-2-4-6-13)11-15-9-7-14(16)8-10-15/h2-6,12,14,16H,7-11H2,1H3/p+1/t12-/m0/s1. The van der Waals surface area contributed by atoms with Crippen LogP contribution in [0.1, 0.15) is 31.2 Å². The maximum absolute atomic E-state index is 9.46. The second kappa shape index (κ2) is 5.46. The molecule has 0 radical (unpaired) electrons. The minimum atomic E-state index is -0.0456. The lowest BCUT2D eigenvalue weighted by atomic mass is 9.99. The molecule has 0 aliphatic carbocycles. The molecule has 1 aliphatic heterocycles. The molecule has 1 aromatic carbocycles. The first kappa shape index (κ1) is 11.6. The number of likely N-dealkylation sites (tertiary alicyclic amines) is 1. The number of rotatable bonds is 3. The van der Waals surface area contributed by atoms with Crippen molar-refractivity contribution < 1.29 is 10.0 Å². The van der Waals surface area contributed by atoms with Crippen molar-refractivity contribution in [2.45, 2.75) is 31.8 Å². The molecule has 0 amide bonds. The summed E-state index contributed by atoms with van der Waals surface area (Å²) in [5.74, 6) is 0.617. The van der Waals surface area contributed by atoms with Crippen molar-refractivity contribution in [3.05, 3.63) is 35.9 Å². The van der Waals surface area contributed by atoms with Crippen LogP contribution in [0.4, 0.5) is 0 Å². The Balaban J connectivity index is 1.86. The van der Waals surface area contributed by atoms with Crippen molar-refractivity contribution in [2.75, 3.05) is 19.6 Å². The van der Waals surface area contributed by atoms with Crippen LogP contribution in [0.5, 0.6) is 0 Å². The number of aliphatic hydroxyl groups is 1. The molecular formula is C14H22NO+. The predicted octanol–water partition coefficient (Wildman–Crippen LogP) is 0.830. The largest absolute Gasteiger partial charge is 0.393 e. The van der Waals surface area contributed by atoms with Crippen LogP contribution >= 0.6 is 0 Å². The van der Waals surface area contributed by atoms with E-state index in [1.165, 1.54) is 12.1 Å². The maximum Gasteiger partial charge on any atom is 0.0837 e. The van der Waals surface area contributed by atoms with Gasteiger partial charge in [-0.2, -0.15) is 0 Å². The lowest BCUT2D eigenvalue weighted by molar-refractivity contribution is -0.907. The van der Waals surface area contributed by atoms with E-state index in [9.17, 15) is 5.11 Å². The van der Waals surface area contributed by atoms with Gasteiger partial charge in [-0.1, -0.05) is 37.3 Å². The van der Waals surface area contributed by atoms with E-state index in [2.05, 4.69) is 37.3 Å². The first-order chi connectivity index (χ1) is 7.75. The summed E-state index contributed by atoms with van der Waals surface area (Å²) < 4.78 is 0. The van der Waals surface area contributed by atoms with Crippen molar-refractivity contribution in [3.63, 3.8) is 0 Å². The Labute approximate surface area is 97.9 Å². The van der Waals surface area contributed by atoms with Gasteiger partial charge in [0.15, 0.2) is 0 Å². The van der Waals surface area contributed by atoms with Crippen molar-refractivity contribution in [1.29, 1.82) is 0 Å². The minimum Gasteiger partial charge on any atom is -0.393 e. The molecule has 0 bridgehead atoms. The third-order valence-corrected chi connectivity index (χ3v) is 3.63. The maximum atomic E-state index is 9.46. The fourth-order valence-electron chi connectivity index (χ4n) is 2.55. The van der Waals surface area contributed by atoms with Gasteiger partial charge in [-0.3, -0.25) is 0 Å². The van der Waals surface area contributed by atoms with Gasteiger partial charge in [0.2, 0.25) is 0 Å². The van der Waals surface area contributed by atoms with E-state index in [4.69, 9.17) is 0 Å². The van der Waals surface area contributed by atoms with Gasteiger partial charge < -0.3 is 10.0 Å². The zero-order valence-corrected chi connectivity index (χ0v) is 10.0. The van der Waals surface area contributed by atoms with Gasteiger partial charge in [0, 0.05) is 18.8 Å². The Morgan fingerprint density at radius 1 is 1.25 bits per heavy atom. The van der Waals surface area contributed by atoms with E-state index in [0.717, 1.165) is 25.9 Å². The summed E-state index contributed by atoms with van der Waals surface area (Å²) >= 11 is 0. The Bertz CT molecular complexity index is 304. The smallest absolute Gasteiger partial charge is 0.0837 e. The number of benzene rings is 1. The average molecular weight is 220 g/mol. The topological polar surface area (TPSA) is 24.7 Å². The molecule has 0 unspecified atom stereocenters. The lowest BCUT2D eigenvalue weighted by Crippen LogP contribution is -3.13. The number of aliphatic hydroxyl groups excluding tert-OH is 1. The molecule has 1 aromatic rings. The average Bonchev–Trinajstić information content (AvgIpc) is 2.33. The Morgan fingerprint density at radius 2 is 1.88 bits per heavy atom. The molecule has 2 N–H and O–H groups in total. The van der Waals surface area contributed by atoms with Crippen LogP contribution in [0.25, 0.3) is 0 Å². The van der Waals surface area contributed by atoms with Crippen LogP contribution in [-0.2, 0) is 0 Å². The highest BCUT2D eigenvalue weighted by molar-refractivity contribution is 5.18. The molecule has 1 aliphatic rings. The molecule has 1 saturated heterocycles. The Morgan fingerprint density at radius 3 is 2.50 bits per heavy atom. The molecule has 0 aromatic heterocycles. The second-order valence-corrected chi connectivity index (χ2v) is 5.00. The van der Waals surface area contributed by atoms with Gasteiger partial charge in [-0.15, -0.1) is 0 Å². The van der Waals surface area contributed by atoms with E-state index in [1.54, 1.807) is 4.90 Å². The number of hydrogen-bond donors (Lipinski definition) is 2. The molecule has 16 heavy (non-hydrogen) atoms. The van der Waals surface area contributed by atoms with Crippen molar-refractivity contribution >= 4 is 0 Å². The zero-order valence-electron chi connectivity index (χ0n) is 10.0. The fourth-order valence-corrected chi connectivity index (χ4v) is 2.55. The van der Waals surface area contributed by atoms with Crippen LogP contribution in [0, 0.1) is 0 Å². The molecule has 2 nitrogen and oxygen atoms in total. The summed E-state index contributed by atoms with van der Waals surface area (Å²) in [7, 11) is 0. The van der Waals surface area contributed by atoms with Crippen LogP contribution in [0.15, 0.2) is 30.3 Å². The van der Waals surface area contributed by atoms with E-state index >= 15 is 0 Å². The number of hydrogen-bond acceptors (Lipinski definition) is 1.